The van der Waals surface area contributed by atoms with Crippen LogP contribution in [0.15, 0.2) is 89.6 Å². The molecule has 0 fully saturated rings. The molecule has 3 aromatic heterocycles. The van der Waals surface area contributed by atoms with Gasteiger partial charge < -0.3 is 14.4 Å². The van der Waals surface area contributed by atoms with Gasteiger partial charge in [-0.3, -0.25) is 0 Å². The molecule has 0 saturated carbocycles. The minimum Gasteiger partial charge on any atom is -0.501 e. The van der Waals surface area contributed by atoms with Crippen LogP contribution in [0.5, 0.6) is 0 Å². The molecule has 0 bridgehead atoms. The van der Waals surface area contributed by atoms with Crippen molar-refractivity contribution in [3.63, 3.8) is 0 Å². The Morgan fingerprint density at radius 2 is 1.67 bits per heavy atom. The number of aromatic nitrogens is 2. The van der Waals surface area contributed by atoms with Crippen LogP contribution in [0.25, 0.3) is 44.5 Å². The average molecular weight is 747 g/mol. The van der Waals surface area contributed by atoms with Crippen LogP contribution in [0.4, 0.5) is 0 Å². The molecule has 3 heterocycles. The van der Waals surface area contributed by atoms with E-state index in [-0.39, 0.29) is 20.1 Å². The van der Waals surface area contributed by atoms with Crippen molar-refractivity contribution in [2.24, 2.45) is 0 Å². The van der Waals surface area contributed by atoms with Gasteiger partial charge in [-0.15, -0.1) is 53.2 Å². The van der Waals surface area contributed by atoms with Crippen LogP contribution < -0.4 is 5.19 Å². The smallest absolute Gasteiger partial charge is 0.120 e. The molecule has 42 heavy (non-hydrogen) atoms. The summed E-state index contributed by atoms with van der Waals surface area (Å²) in [5.41, 5.74) is 9.63. The van der Waals surface area contributed by atoms with Crippen molar-refractivity contribution in [2.45, 2.75) is 59.7 Å². The van der Waals surface area contributed by atoms with Gasteiger partial charge in [-0.1, -0.05) is 85.9 Å². The van der Waals surface area contributed by atoms with E-state index in [4.69, 9.17) is 9.40 Å². The first-order valence-corrected chi connectivity index (χ1v) is 17.9. The van der Waals surface area contributed by atoms with Crippen LogP contribution in [0.3, 0.4) is 0 Å². The molecule has 0 N–H and O–H groups in total. The number of aryl methyl sites for hydroxylation is 2. The largest absolute Gasteiger partial charge is 0.501 e. The molecule has 3 aromatic carbocycles. The van der Waals surface area contributed by atoms with Gasteiger partial charge in [0.05, 0.1) is 5.58 Å². The van der Waals surface area contributed by atoms with E-state index in [1.165, 1.54) is 32.6 Å². The Bertz CT molecular complexity index is 1800. The molecular weight excluding hydrogens is 709 g/mol. The zero-order valence-electron chi connectivity index (χ0n) is 25.5. The van der Waals surface area contributed by atoms with E-state index in [1.54, 1.807) is 0 Å². The van der Waals surface area contributed by atoms with Crippen molar-refractivity contribution in [1.29, 1.82) is 0 Å². The van der Waals surface area contributed by atoms with E-state index in [0.29, 0.717) is 5.92 Å². The van der Waals surface area contributed by atoms with E-state index in [9.17, 15) is 0 Å². The number of hydrogen-bond donors (Lipinski definition) is 0. The minimum absolute atomic E-state index is 0. The Morgan fingerprint density at radius 3 is 2.33 bits per heavy atom. The van der Waals surface area contributed by atoms with Crippen LogP contribution >= 0.6 is 0 Å². The summed E-state index contributed by atoms with van der Waals surface area (Å²) in [7, 11) is -1.55. The summed E-state index contributed by atoms with van der Waals surface area (Å²) in [6.45, 7) is 15.9. The average Bonchev–Trinajstić information content (AvgIpc) is 3.36. The number of furan rings is 1. The van der Waals surface area contributed by atoms with Crippen molar-refractivity contribution in [1.82, 2.24) is 9.97 Å². The molecule has 0 aliphatic heterocycles. The molecule has 0 spiro atoms. The van der Waals surface area contributed by atoms with Crippen LogP contribution in [0.1, 0.15) is 42.9 Å². The van der Waals surface area contributed by atoms with E-state index >= 15 is 0 Å². The molecule has 6 aromatic rings. The summed E-state index contributed by atoms with van der Waals surface area (Å²) in [5, 5.41) is 3.83. The Hall–Kier alpha value is -3.37. The van der Waals surface area contributed by atoms with Gasteiger partial charge in [-0.2, -0.15) is 0 Å². The van der Waals surface area contributed by atoms with Gasteiger partial charge in [0, 0.05) is 46.0 Å². The van der Waals surface area contributed by atoms with E-state index in [2.05, 4.69) is 101 Å². The predicted octanol–water partition coefficient (Wildman–Crippen LogP) is 9.67. The topological polar surface area (TPSA) is 38.9 Å². The van der Waals surface area contributed by atoms with Crippen LogP contribution in [-0.4, -0.2) is 18.0 Å². The Balaban J connectivity index is 0.000000243. The normalized spacial score (nSPS) is 12.0. The first-order chi connectivity index (χ1) is 19.7. The number of para-hydroxylation sites is 1. The zero-order valence-corrected chi connectivity index (χ0v) is 28.9. The molecule has 0 aliphatic carbocycles. The maximum absolute atomic E-state index is 6.36. The number of nitrogens with zero attached hydrogens (tertiary/aromatic N) is 2. The molecule has 1 radical (unpaired) electrons. The SMILES string of the molecule is CCC(C)c1cnc(-c2[c-]cc([Si](C)(C)C)c3c2oc2ccccc23)cc1C.Cc1ccnc(-c2[c-]cccc2)c1.[Ir]. The second kappa shape index (κ2) is 13.3. The van der Waals surface area contributed by atoms with Crippen LogP contribution in [0.2, 0.25) is 19.6 Å². The molecule has 6 rings (SSSR count). The summed E-state index contributed by atoms with van der Waals surface area (Å²) < 4.78 is 6.36. The molecule has 5 heteroatoms. The Labute approximate surface area is 264 Å². The molecule has 217 valence electrons. The second-order valence-corrected chi connectivity index (χ2v) is 16.9. The monoisotopic (exact) mass is 747 g/mol. The zero-order chi connectivity index (χ0) is 29.1. The third-order valence-electron chi connectivity index (χ3n) is 7.71. The van der Waals surface area contributed by atoms with Gasteiger partial charge in [0.2, 0.25) is 0 Å². The Morgan fingerprint density at radius 1 is 0.905 bits per heavy atom. The van der Waals surface area contributed by atoms with E-state index in [1.807, 2.05) is 48.8 Å². The fourth-order valence-corrected chi connectivity index (χ4v) is 6.73. The minimum atomic E-state index is -1.55. The molecule has 0 aliphatic rings. The number of rotatable bonds is 5. The van der Waals surface area contributed by atoms with Gasteiger partial charge in [-0.05, 0) is 55.3 Å². The summed E-state index contributed by atoms with van der Waals surface area (Å²) in [5.74, 6) is 0.519. The van der Waals surface area contributed by atoms with Crippen molar-refractivity contribution in [3.8, 4) is 22.5 Å². The molecule has 3 nitrogen and oxygen atoms in total. The first-order valence-electron chi connectivity index (χ1n) is 14.4. The number of pyridine rings is 2. The van der Waals surface area contributed by atoms with Crippen molar-refractivity contribution in [3.05, 3.63) is 114 Å². The van der Waals surface area contributed by atoms with E-state index in [0.717, 1.165) is 40.1 Å². The summed E-state index contributed by atoms with van der Waals surface area (Å²) in [6, 6.07) is 31.3. The molecule has 0 saturated heterocycles. The van der Waals surface area contributed by atoms with Crippen LogP contribution in [-0.2, 0) is 20.1 Å². The fraction of sp³-hybridized carbons (Fsp3) is 0.243. The predicted molar refractivity (Wildman–Crippen MR) is 175 cm³/mol. The molecule has 0 amide bonds. The van der Waals surface area contributed by atoms with Gasteiger partial charge >= 0.3 is 0 Å². The summed E-state index contributed by atoms with van der Waals surface area (Å²) in [6.07, 6.45) is 4.98. The second-order valence-electron chi connectivity index (χ2n) is 11.9. The van der Waals surface area contributed by atoms with Gasteiger partial charge in [-0.25, -0.2) is 0 Å². The van der Waals surface area contributed by atoms with Gasteiger partial charge in [0.25, 0.3) is 0 Å². The maximum Gasteiger partial charge on any atom is 0.120 e. The number of fused-ring (bicyclic) bond motifs is 3. The third kappa shape index (κ3) is 6.65. The molecule has 1 unspecified atom stereocenters. The van der Waals surface area contributed by atoms with Gasteiger partial charge in [0.15, 0.2) is 0 Å². The van der Waals surface area contributed by atoms with Crippen molar-refractivity contribution < 1.29 is 24.5 Å². The third-order valence-corrected chi connectivity index (χ3v) is 9.72. The first kappa shape index (κ1) is 31.6. The van der Waals surface area contributed by atoms with Gasteiger partial charge in [0.1, 0.15) is 5.58 Å². The molecular formula is C37H38IrN2OSi-2. The quantitative estimate of drug-likeness (QED) is 0.130. The van der Waals surface area contributed by atoms with E-state index < -0.39 is 8.07 Å². The standard InChI is InChI=1S/C25H28NOSi.C12H10N.Ir/c1-7-16(2)20-15-26-21(14-17(20)3)18-12-13-23(28(4,5)6)24-19-10-8-9-11-22(19)27-25(18)24;1-10-7-8-13-12(9-10)11-5-3-2-4-6-11;/h8-11,13-16H,7H2,1-6H3;2-5,7-9H,1H3;/q2*-1;. The summed E-state index contributed by atoms with van der Waals surface area (Å²) >= 11 is 0. The van der Waals surface area contributed by atoms with Crippen molar-refractivity contribution >= 4 is 35.2 Å². The summed E-state index contributed by atoms with van der Waals surface area (Å²) in [4.78, 5) is 9.09. The van der Waals surface area contributed by atoms with Crippen molar-refractivity contribution in [2.75, 3.05) is 0 Å². The Kier molecular flexibility index (Phi) is 9.99. The van der Waals surface area contributed by atoms with Crippen LogP contribution in [0, 0.1) is 26.0 Å². The fourth-order valence-electron chi connectivity index (χ4n) is 5.23. The number of hydrogen-bond acceptors (Lipinski definition) is 3. The maximum atomic E-state index is 6.36. The number of benzene rings is 3. The molecule has 1 atom stereocenters.